The Morgan fingerprint density at radius 1 is 1.23 bits per heavy atom. The molecule has 1 amide bonds. The van der Waals surface area contributed by atoms with Crippen molar-refractivity contribution in [3.05, 3.63) is 29.5 Å². The Morgan fingerprint density at radius 2 is 1.93 bits per heavy atom. The zero-order valence-corrected chi connectivity index (χ0v) is 18.5. The number of amides is 1. The molecule has 7 nitrogen and oxygen atoms in total. The van der Waals surface area contributed by atoms with E-state index in [1.807, 2.05) is 50.7 Å². The lowest BCUT2D eigenvalue weighted by atomic mass is 9.97. The molecule has 0 atom stereocenters. The van der Waals surface area contributed by atoms with Crippen molar-refractivity contribution in [3.8, 4) is 0 Å². The van der Waals surface area contributed by atoms with Gasteiger partial charge in [0.05, 0.1) is 5.52 Å². The summed E-state index contributed by atoms with van der Waals surface area (Å²) in [5.74, 6) is 0.509. The monoisotopic (exact) mass is 415 g/mol. The van der Waals surface area contributed by atoms with E-state index in [9.17, 15) is 9.59 Å². The molecule has 1 saturated heterocycles. The summed E-state index contributed by atoms with van der Waals surface area (Å²) >= 11 is 0. The number of carbonyl (C=O) groups excluding carboxylic acids is 2. The highest BCUT2D eigenvalue weighted by Crippen LogP contribution is 2.25. The van der Waals surface area contributed by atoms with Crippen molar-refractivity contribution in [1.29, 1.82) is 0 Å². The molecule has 3 rings (SSSR count). The lowest BCUT2D eigenvalue weighted by Crippen LogP contribution is -2.42. The van der Waals surface area contributed by atoms with Gasteiger partial charge in [0.1, 0.15) is 5.60 Å². The molecule has 1 N–H and O–H groups in total. The van der Waals surface area contributed by atoms with Crippen LogP contribution in [0.1, 0.15) is 62.4 Å². The zero-order chi connectivity index (χ0) is 21.9. The molecule has 1 aliphatic heterocycles. The van der Waals surface area contributed by atoms with Crippen molar-refractivity contribution < 1.29 is 19.4 Å². The van der Waals surface area contributed by atoms with E-state index in [0.717, 1.165) is 35.9 Å². The smallest absolute Gasteiger partial charge is 0.410 e. The maximum Gasteiger partial charge on any atom is 0.410 e. The maximum absolute atomic E-state index is 12.4. The predicted octanol–water partition coefficient (Wildman–Crippen LogP) is 3.95. The highest BCUT2D eigenvalue weighted by Gasteiger charge is 2.27. The van der Waals surface area contributed by atoms with E-state index in [0.29, 0.717) is 37.4 Å². The van der Waals surface area contributed by atoms with Crippen molar-refractivity contribution in [3.63, 3.8) is 0 Å². The second-order valence-electron chi connectivity index (χ2n) is 9.18. The maximum atomic E-state index is 12.4. The third kappa shape index (κ3) is 5.39. The van der Waals surface area contributed by atoms with E-state index in [-0.39, 0.29) is 18.5 Å². The third-order valence-electron chi connectivity index (χ3n) is 5.58. The topological polar surface area (TPSA) is 84.7 Å². The molecule has 0 unspecified atom stereocenters. The van der Waals surface area contributed by atoms with Gasteiger partial charge in [0, 0.05) is 49.8 Å². The van der Waals surface area contributed by atoms with Crippen LogP contribution in [0.4, 0.5) is 4.79 Å². The van der Waals surface area contributed by atoms with Crippen LogP contribution < -0.4 is 0 Å². The fourth-order valence-electron chi connectivity index (χ4n) is 3.94. The van der Waals surface area contributed by atoms with Gasteiger partial charge in [-0.05, 0) is 70.6 Å². The molecule has 1 aromatic carbocycles. The molecular weight excluding hydrogens is 382 g/mol. The Bertz CT molecular complexity index is 905. The van der Waals surface area contributed by atoms with E-state index in [2.05, 4.69) is 0 Å². The van der Waals surface area contributed by atoms with Crippen molar-refractivity contribution in [2.24, 2.45) is 5.92 Å². The Morgan fingerprint density at radius 3 is 2.57 bits per heavy atom. The summed E-state index contributed by atoms with van der Waals surface area (Å²) in [5.41, 5.74) is 2.07. The highest BCUT2D eigenvalue weighted by atomic mass is 16.6. The van der Waals surface area contributed by atoms with Gasteiger partial charge in [0.25, 0.3) is 0 Å². The minimum Gasteiger partial charge on any atom is -0.444 e. The quantitative estimate of drug-likeness (QED) is 0.722. The van der Waals surface area contributed by atoms with Gasteiger partial charge in [-0.25, -0.2) is 4.79 Å². The molecule has 1 aliphatic rings. The lowest BCUT2D eigenvalue weighted by Gasteiger charge is -2.33. The number of ketones is 1. The van der Waals surface area contributed by atoms with Crippen molar-refractivity contribution >= 4 is 22.8 Å². The first-order valence-electron chi connectivity index (χ1n) is 10.8. The van der Waals surface area contributed by atoms with Gasteiger partial charge in [-0.2, -0.15) is 5.10 Å². The average molecular weight is 416 g/mol. The largest absolute Gasteiger partial charge is 0.444 e. The minimum atomic E-state index is -0.473. The molecule has 0 bridgehead atoms. The van der Waals surface area contributed by atoms with Crippen LogP contribution in [0.2, 0.25) is 0 Å². The highest BCUT2D eigenvalue weighted by molar-refractivity contribution is 6.01. The standard InChI is InChI=1S/C23H33N3O4/c1-16-18(21(28)6-5-13-27)7-8-20-19(16)15-26(24-20)14-17-9-11-25(12-10-17)22(29)30-23(2,3)4/h7-8,15,17,27H,5-6,9-14H2,1-4H3. The number of fused-ring (bicyclic) bond motifs is 1. The normalized spacial score (nSPS) is 15.6. The van der Waals surface area contributed by atoms with E-state index >= 15 is 0 Å². The number of nitrogens with zero attached hydrogens (tertiary/aromatic N) is 3. The number of rotatable bonds is 6. The number of aryl methyl sites for hydroxylation is 1. The molecule has 2 aromatic rings. The van der Waals surface area contributed by atoms with E-state index in [4.69, 9.17) is 14.9 Å². The van der Waals surface area contributed by atoms with Crippen molar-refractivity contribution in [2.45, 2.75) is 65.5 Å². The summed E-state index contributed by atoms with van der Waals surface area (Å²) in [4.78, 5) is 26.4. The Hall–Kier alpha value is -2.41. The molecule has 0 saturated carbocycles. The zero-order valence-electron chi connectivity index (χ0n) is 18.5. The summed E-state index contributed by atoms with van der Waals surface area (Å²) in [6, 6.07) is 3.74. The number of benzene rings is 1. The fraction of sp³-hybridized carbons (Fsp3) is 0.609. The van der Waals surface area contributed by atoms with Crippen LogP contribution in [0.5, 0.6) is 0 Å². The van der Waals surface area contributed by atoms with Gasteiger partial charge in [-0.1, -0.05) is 0 Å². The number of hydrogen-bond acceptors (Lipinski definition) is 5. The van der Waals surface area contributed by atoms with Gasteiger partial charge in [-0.3, -0.25) is 9.48 Å². The molecule has 0 aliphatic carbocycles. The molecule has 1 aromatic heterocycles. The van der Waals surface area contributed by atoms with Gasteiger partial charge in [0.15, 0.2) is 5.78 Å². The van der Waals surface area contributed by atoms with Crippen molar-refractivity contribution in [2.75, 3.05) is 19.7 Å². The van der Waals surface area contributed by atoms with Gasteiger partial charge < -0.3 is 14.7 Å². The molecule has 164 valence electrons. The van der Waals surface area contributed by atoms with Crippen molar-refractivity contribution in [1.82, 2.24) is 14.7 Å². The summed E-state index contributed by atoms with van der Waals surface area (Å²) in [6.07, 6.45) is 4.46. The number of aliphatic hydroxyl groups is 1. The van der Waals surface area contributed by atoms with E-state index in [1.54, 1.807) is 4.90 Å². The average Bonchev–Trinajstić information content (AvgIpc) is 3.09. The van der Waals surface area contributed by atoms with E-state index in [1.165, 1.54) is 0 Å². The number of carbonyl (C=O) groups is 2. The first-order valence-corrected chi connectivity index (χ1v) is 10.8. The number of ether oxygens (including phenoxy) is 1. The SMILES string of the molecule is Cc1c(C(=O)CCCO)ccc2nn(CC3CCN(C(=O)OC(C)(C)C)CC3)cc12. The second-order valence-corrected chi connectivity index (χ2v) is 9.18. The van der Waals surface area contributed by atoms with E-state index < -0.39 is 5.60 Å². The van der Waals surface area contributed by atoms with Crippen LogP contribution >= 0.6 is 0 Å². The summed E-state index contributed by atoms with van der Waals surface area (Å²) < 4.78 is 7.43. The second kappa shape index (κ2) is 9.16. The number of aromatic nitrogens is 2. The predicted molar refractivity (Wildman–Crippen MR) is 116 cm³/mol. The number of piperidine rings is 1. The molecule has 30 heavy (non-hydrogen) atoms. The fourth-order valence-corrected chi connectivity index (χ4v) is 3.94. The molecule has 2 heterocycles. The molecule has 7 heteroatoms. The summed E-state index contributed by atoms with van der Waals surface area (Å²) in [5, 5.41) is 14.7. The van der Waals surface area contributed by atoms with Crippen LogP contribution in [0.25, 0.3) is 10.9 Å². The number of hydrogen-bond donors (Lipinski definition) is 1. The lowest BCUT2D eigenvalue weighted by molar-refractivity contribution is 0.0177. The first-order chi connectivity index (χ1) is 14.2. The van der Waals surface area contributed by atoms with Gasteiger partial charge in [0.2, 0.25) is 0 Å². The van der Waals surface area contributed by atoms with Gasteiger partial charge in [-0.15, -0.1) is 0 Å². The number of aliphatic hydroxyl groups excluding tert-OH is 1. The third-order valence-corrected chi connectivity index (χ3v) is 5.58. The summed E-state index contributed by atoms with van der Waals surface area (Å²) in [6.45, 7) is 9.82. The Kier molecular flexibility index (Phi) is 6.81. The Balaban J connectivity index is 1.63. The molecule has 0 radical (unpaired) electrons. The molecule has 1 fully saturated rings. The number of likely N-dealkylation sites (tertiary alicyclic amines) is 1. The van der Waals surface area contributed by atoms with Crippen LogP contribution in [-0.4, -0.2) is 57.0 Å². The summed E-state index contributed by atoms with van der Waals surface area (Å²) in [7, 11) is 0. The molecular formula is C23H33N3O4. The van der Waals surface area contributed by atoms with Crippen LogP contribution in [0.3, 0.4) is 0 Å². The van der Waals surface area contributed by atoms with Crippen LogP contribution in [0, 0.1) is 12.8 Å². The Labute approximate surface area is 178 Å². The first kappa shape index (κ1) is 22.3. The minimum absolute atomic E-state index is 0.0255. The van der Waals surface area contributed by atoms with Crippen LogP contribution in [0.15, 0.2) is 18.3 Å². The van der Waals surface area contributed by atoms with Crippen LogP contribution in [-0.2, 0) is 11.3 Å². The van der Waals surface area contributed by atoms with Gasteiger partial charge >= 0.3 is 6.09 Å². The molecule has 0 spiro atoms. The number of Topliss-reactive ketones (excluding diaryl/α,β-unsaturated/α-hetero) is 1.